The Morgan fingerprint density at radius 2 is 1.95 bits per heavy atom. The van der Waals surface area contributed by atoms with Gasteiger partial charge in [-0.05, 0) is 33.7 Å². The highest BCUT2D eigenvalue weighted by Gasteiger charge is 2.23. The smallest absolute Gasteiger partial charge is 0.156 e. The average Bonchev–Trinajstić information content (AvgIpc) is 2.46. The Labute approximate surface area is 120 Å². The zero-order chi connectivity index (χ0) is 14.1. The monoisotopic (exact) mass is 270 g/mol. The lowest BCUT2D eigenvalue weighted by molar-refractivity contribution is 0.190. The van der Waals surface area contributed by atoms with E-state index >= 15 is 0 Å². The first-order valence-corrected chi connectivity index (χ1v) is 7.34. The summed E-state index contributed by atoms with van der Waals surface area (Å²) < 4.78 is 0. The van der Waals surface area contributed by atoms with Crippen LogP contribution >= 0.6 is 0 Å². The lowest BCUT2D eigenvalue weighted by atomic mass is 9.98. The summed E-state index contributed by atoms with van der Waals surface area (Å²) in [6.07, 6.45) is 2.31. The van der Waals surface area contributed by atoms with Crippen LogP contribution in [0.15, 0.2) is 24.3 Å². The molecule has 3 rings (SSSR count). The Morgan fingerprint density at radius 3 is 2.70 bits per heavy atom. The van der Waals surface area contributed by atoms with Crippen LogP contribution in [-0.2, 0) is 0 Å². The first-order valence-electron chi connectivity index (χ1n) is 7.34. The van der Waals surface area contributed by atoms with Gasteiger partial charge in [0.2, 0.25) is 0 Å². The Balaban J connectivity index is 1.86. The van der Waals surface area contributed by atoms with Gasteiger partial charge in [0.1, 0.15) is 0 Å². The number of benzene rings is 1. The number of aromatic nitrogens is 2. The van der Waals surface area contributed by atoms with Crippen LogP contribution in [0.25, 0.3) is 10.8 Å². The molecule has 1 aliphatic rings. The molecule has 0 spiro atoms. The highest BCUT2D eigenvalue weighted by atomic mass is 15.2. The molecule has 1 N–H and O–H groups in total. The number of nitrogens with one attached hydrogen (secondary N) is 1. The molecule has 2 unspecified atom stereocenters. The maximum Gasteiger partial charge on any atom is 0.156 e. The van der Waals surface area contributed by atoms with E-state index in [9.17, 15) is 0 Å². The van der Waals surface area contributed by atoms with Gasteiger partial charge >= 0.3 is 0 Å². The quantitative estimate of drug-likeness (QED) is 0.911. The van der Waals surface area contributed by atoms with Gasteiger partial charge in [-0.1, -0.05) is 24.3 Å². The Bertz CT molecular complexity index is 610. The van der Waals surface area contributed by atoms with Crippen molar-refractivity contribution in [3.8, 4) is 0 Å². The average molecular weight is 270 g/mol. The van der Waals surface area contributed by atoms with Gasteiger partial charge in [0.05, 0.1) is 5.69 Å². The number of hydrogen-bond acceptors (Lipinski definition) is 4. The number of nitrogens with zero attached hydrogens (tertiary/aromatic N) is 3. The van der Waals surface area contributed by atoms with Crippen molar-refractivity contribution >= 4 is 16.6 Å². The van der Waals surface area contributed by atoms with Gasteiger partial charge in [-0.2, -0.15) is 5.10 Å². The highest BCUT2D eigenvalue weighted by Crippen LogP contribution is 2.25. The number of likely N-dealkylation sites (tertiary alicyclic amines) is 1. The molecule has 2 atom stereocenters. The summed E-state index contributed by atoms with van der Waals surface area (Å²) in [5, 5.41) is 14.6. The summed E-state index contributed by atoms with van der Waals surface area (Å²) in [6.45, 7) is 5.43. The van der Waals surface area contributed by atoms with Gasteiger partial charge in [-0.25, -0.2) is 0 Å². The van der Waals surface area contributed by atoms with Crippen LogP contribution in [0.2, 0.25) is 0 Å². The van der Waals surface area contributed by atoms with Crippen LogP contribution in [0, 0.1) is 6.92 Å². The van der Waals surface area contributed by atoms with E-state index in [0.717, 1.165) is 30.9 Å². The maximum atomic E-state index is 4.37. The summed E-state index contributed by atoms with van der Waals surface area (Å²) in [6, 6.07) is 9.46. The number of aryl methyl sites for hydroxylation is 1. The van der Waals surface area contributed by atoms with Crippen molar-refractivity contribution < 1.29 is 0 Å². The molecule has 1 saturated heterocycles. The van der Waals surface area contributed by atoms with Gasteiger partial charge in [0.15, 0.2) is 5.82 Å². The number of rotatable bonds is 2. The molecule has 1 aromatic heterocycles. The van der Waals surface area contributed by atoms with Gasteiger partial charge in [0.25, 0.3) is 0 Å². The molecule has 1 aromatic carbocycles. The molecule has 2 aromatic rings. The fraction of sp³-hybridized carbons (Fsp3) is 0.500. The van der Waals surface area contributed by atoms with Gasteiger partial charge in [0, 0.05) is 29.4 Å². The summed E-state index contributed by atoms with van der Waals surface area (Å²) in [5.74, 6) is 0.924. The standard InChI is InChI=1S/C16H22N4/c1-11-10-13(8-9-20(11)3)17-16-15-7-5-4-6-14(15)12(2)18-19-16/h4-7,11,13H,8-10H2,1-3H3,(H,17,19). The molecule has 1 fully saturated rings. The second kappa shape index (κ2) is 5.37. The topological polar surface area (TPSA) is 41.1 Å². The number of piperidine rings is 1. The van der Waals surface area contributed by atoms with Crippen molar-refractivity contribution in [3.05, 3.63) is 30.0 Å². The third-order valence-electron chi connectivity index (χ3n) is 4.42. The van der Waals surface area contributed by atoms with Crippen molar-refractivity contribution in [3.63, 3.8) is 0 Å². The van der Waals surface area contributed by atoms with Gasteiger partial charge in [-0.15, -0.1) is 5.10 Å². The lowest BCUT2D eigenvalue weighted by Crippen LogP contribution is -2.42. The molecule has 4 heteroatoms. The molecule has 2 heterocycles. The highest BCUT2D eigenvalue weighted by molar-refractivity contribution is 5.92. The fourth-order valence-corrected chi connectivity index (χ4v) is 2.96. The van der Waals surface area contributed by atoms with E-state index in [-0.39, 0.29) is 0 Å². The van der Waals surface area contributed by atoms with Crippen LogP contribution in [0.1, 0.15) is 25.5 Å². The molecule has 4 nitrogen and oxygen atoms in total. The van der Waals surface area contributed by atoms with Crippen LogP contribution in [-0.4, -0.2) is 40.8 Å². The number of fused-ring (bicyclic) bond motifs is 1. The van der Waals surface area contributed by atoms with Crippen LogP contribution in [0.3, 0.4) is 0 Å². The summed E-state index contributed by atoms with van der Waals surface area (Å²) in [4.78, 5) is 2.41. The van der Waals surface area contributed by atoms with E-state index in [2.05, 4.69) is 58.7 Å². The van der Waals surface area contributed by atoms with Gasteiger partial charge < -0.3 is 10.2 Å². The number of anilines is 1. The van der Waals surface area contributed by atoms with E-state index in [4.69, 9.17) is 0 Å². The van der Waals surface area contributed by atoms with Crippen molar-refractivity contribution in [2.45, 2.75) is 38.8 Å². The SMILES string of the molecule is Cc1nnc(NC2CCN(C)C(C)C2)c2ccccc12. The minimum absolute atomic E-state index is 0.488. The van der Waals surface area contributed by atoms with E-state index in [1.165, 1.54) is 10.8 Å². The van der Waals surface area contributed by atoms with Crippen LogP contribution in [0.5, 0.6) is 0 Å². The summed E-state index contributed by atoms with van der Waals surface area (Å²) in [5.41, 5.74) is 0.989. The Morgan fingerprint density at radius 1 is 1.20 bits per heavy atom. The van der Waals surface area contributed by atoms with E-state index in [1.807, 2.05) is 6.92 Å². The van der Waals surface area contributed by atoms with Crippen LogP contribution < -0.4 is 5.32 Å². The normalized spacial score (nSPS) is 23.9. The molecule has 1 aliphatic heterocycles. The molecule has 0 aliphatic carbocycles. The fourth-order valence-electron chi connectivity index (χ4n) is 2.96. The molecular weight excluding hydrogens is 248 g/mol. The zero-order valence-electron chi connectivity index (χ0n) is 12.4. The second-order valence-electron chi connectivity index (χ2n) is 5.87. The zero-order valence-corrected chi connectivity index (χ0v) is 12.4. The van der Waals surface area contributed by atoms with Gasteiger partial charge in [-0.3, -0.25) is 0 Å². The van der Waals surface area contributed by atoms with E-state index < -0.39 is 0 Å². The van der Waals surface area contributed by atoms with E-state index in [1.54, 1.807) is 0 Å². The predicted molar refractivity (Wildman–Crippen MR) is 83.0 cm³/mol. The molecular formula is C16H22N4. The molecule has 0 saturated carbocycles. The second-order valence-corrected chi connectivity index (χ2v) is 5.87. The molecule has 0 amide bonds. The largest absolute Gasteiger partial charge is 0.365 e. The molecule has 20 heavy (non-hydrogen) atoms. The summed E-state index contributed by atoms with van der Waals surface area (Å²) >= 11 is 0. The first-order chi connectivity index (χ1) is 9.65. The third kappa shape index (κ3) is 2.48. The number of hydrogen-bond donors (Lipinski definition) is 1. The maximum absolute atomic E-state index is 4.37. The minimum Gasteiger partial charge on any atom is -0.365 e. The molecule has 0 bridgehead atoms. The van der Waals surface area contributed by atoms with Crippen molar-refractivity contribution in [2.75, 3.05) is 18.9 Å². The molecule has 106 valence electrons. The lowest BCUT2D eigenvalue weighted by Gasteiger charge is -2.35. The summed E-state index contributed by atoms with van der Waals surface area (Å²) in [7, 11) is 2.20. The molecule has 0 radical (unpaired) electrons. The van der Waals surface area contributed by atoms with Crippen molar-refractivity contribution in [1.29, 1.82) is 0 Å². The Hall–Kier alpha value is -1.68. The minimum atomic E-state index is 0.488. The third-order valence-corrected chi connectivity index (χ3v) is 4.42. The van der Waals surface area contributed by atoms with Crippen LogP contribution in [0.4, 0.5) is 5.82 Å². The van der Waals surface area contributed by atoms with Crippen molar-refractivity contribution in [1.82, 2.24) is 15.1 Å². The Kier molecular flexibility index (Phi) is 3.57. The van der Waals surface area contributed by atoms with E-state index in [0.29, 0.717) is 12.1 Å². The van der Waals surface area contributed by atoms with Crippen molar-refractivity contribution in [2.24, 2.45) is 0 Å². The predicted octanol–water partition coefficient (Wildman–Crippen LogP) is 2.83. The first kappa shape index (κ1) is 13.3.